The molecule has 0 amide bonds. The molecule has 0 spiro atoms. The summed E-state index contributed by atoms with van der Waals surface area (Å²) >= 11 is 0. The van der Waals surface area contributed by atoms with E-state index in [0.717, 1.165) is 71.7 Å². The number of aromatic nitrogens is 3. The van der Waals surface area contributed by atoms with E-state index in [-0.39, 0.29) is 7.43 Å². The van der Waals surface area contributed by atoms with Crippen molar-refractivity contribution in [2.75, 3.05) is 0 Å². The lowest BCUT2D eigenvalue weighted by molar-refractivity contribution is 0.669. The number of fused-ring (bicyclic) bond motifs is 7. The Labute approximate surface area is 319 Å². The van der Waals surface area contributed by atoms with Crippen LogP contribution in [0.2, 0.25) is 0 Å². The maximum atomic E-state index is 6.31. The lowest BCUT2D eigenvalue weighted by Gasteiger charge is -2.32. The molecule has 8 aromatic carbocycles. The summed E-state index contributed by atoms with van der Waals surface area (Å²) in [6, 6.07) is 65.9. The standard InChI is InChI=1S/C50H31N3O.CH4/c1-3-16-32(17-4-1)47-51-48(53-49(52-47)50(33-18-5-2-6-19-33)42-28-10-7-20-37(42)38-21-8-11-29-43(38)50)40-27-14-23-34-35(24-13-25-36(34)40)39-26-15-31-45-46(39)41-22-9-12-30-44(41)54-45;/h1-31H;1H4. The van der Waals surface area contributed by atoms with E-state index >= 15 is 0 Å². The molecule has 2 aromatic heterocycles. The molecule has 0 fully saturated rings. The van der Waals surface area contributed by atoms with Crippen molar-refractivity contribution in [2.24, 2.45) is 0 Å². The first kappa shape index (κ1) is 32.5. The molecule has 0 atom stereocenters. The van der Waals surface area contributed by atoms with Gasteiger partial charge in [-0.1, -0.05) is 183 Å². The SMILES string of the molecule is C.c1ccc(-c2nc(-c3cccc4c(-c5cccc6oc7ccccc7c56)cccc34)nc(C3(c4ccccc4)c4ccccc4-c4ccccc43)n2)cc1. The largest absolute Gasteiger partial charge is 0.456 e. The van der Waals surface area contributed by atoms with E-state index in [1.165, 1.54) is 11.1 Å². The van der Waals surface area contributed by atoms with Crippen LogP contribution in [-0.2, 0) is 5.41 Å². The molecule has 0 N–H and O–H groups in total. The summed E-state index contributed by atoms with van der Waals surface area (Å²) in [4.78, 5) is 16.3. The Hall–Kier alpha value is -7.17. The Morgan fingerprint density at radius 2 is 0.873 bits per heavy atom. The molecular formula is C51H35N3O. The van der Waals surface area contributed by atoms with E-state index in [9.17, 15) is 0 Å². The van der Waals surface area contributed by atoms with Crippen LogP contribution in [0.5, 0.6) is 0 Å². The second kappa shape index (κ2) is 12.8. The Morgan fingerprint density at radius 1 is 0.364 bits per heavy atom. The molecule has 0 aliphatic heterocycles. The third kappa shape index (κ3) is 4.81. The third-order valence-electron chi connectivity index (χ3n) is 11.0. The molecule has 11 rings (SSSR count). The minimum absolute atomic E-state index is 0. The second-order valence-electron chi connectivity index (χ2n) is 13.9. The van der Waals surface area contributed by atoms with Crippen molar-refractivity contribution >= 4 is 32.7 Å². The van der Waals surface area contributed by atoms with Crippen molar-refractivity contribution in [3.05, 3.63) is 211 Å². The molecule has 1 aliphatic rings. The van der Waals surface area contributed by atoms with Crippen LogP contribution >= 0.6 is 0 Å². The molecule has 4 nitrogen and oxygen atoms in total. The van der Waals surface area contributed by atoms with Crippen LogP contribution in [0.15, 0.2) is 192 Å². The number of para-hydroxylation sites is 1. The maximum absolute atomic E-state index is 6.31. The maximum Gasteiger partial charge on any atom is 0.164 e. The first-order valence-electron chi connectivity index (χ1n) is 18.3. The highest BCUT2D eigenvalue weighted by Crippen LogP contribution is 2.55. The average molecular weight is 706 g/mol. The van der Waals surface area contributed by atoms with Crippen LogP contribution in [0.1, 0.15) is 29.9 Å². The monoisotopic (exact) mass is 705 g/mol. The van der Waals surface area contributed by atoms with Crippen molar-refractivity contribution in [1.82, 2.24) is 15.0 Å². The number of benzene rings is 8. The average Bonchev–Trinajstić information content (AvgIpc) is 3.78. The van der Waals surface area contributed by atoms with Gasteiger partial charge in [0.05, 0.1) is 0 Å². The fourth-order valence-corrected chi connectivity index (χ4v) is 8.72. The van der Waals surface area contributed by atoms with E-state index in [4.69, 9.17) is 19.4 Å². The fourth-order valence-electron chi connectivity index (χ4n) is 8.72. The van der Waals surface area contributed by atoms with Gasteiger partial charge in [-0.2, -0.15) is 0 Å². The highest BCUT2D eigenvalue weighted by Gasteiger charge is 2.48. The topological polar surface area (TPSA) is 51.8 Å². The van der Waals surface area contributed by atoms with Crippen LogP contribution in [0.3, 0.4) is 0 Å². The van der Waals surface area contributed by atoms with E-state index in [2.05, 4.69) is 158 Å². The Balaban J connectivity index is 0.00000372. The molecular weight excluding hydrogens is 671 g/mol. The van der Waals surface area contributed by atoms with Crippen LogP contribution < -0.4 is 0 Å². The second-order valence-corrected chi connectivity index (χ2v) is 13.9. The molecule has 4 heteroatoms. The van der Waals surface area contributed by atoms with Gasteiger partial charge in [0.2, 0.25) is 0 Å². The van der Waals surface area contributed by atoms with Crippen LogP contribution in [0, 0.1) is 0 Å². The van der Waals surface area contributed by atoms with Gasteiger partial charge in [0.15, 0.2) is 17.5 Å². The molecule has 10 aromatic rings. The van der Waals surface area contributed by atoms with Gasteiger partial charge in [-0.25, -0.2) is 15.0 Å². The van der Waals surface area contributed by atoms with Crippen molar-refractivity contribution in [3.63, 3.8) is 0 Å². The highest BCUT2D eigenvalue weighted by molar-refractivity contribution is 6.16. The first-order valence-corrected chi connectivity index (χ1v) is 18.3. The van der Waals surface area contributed by atoms with Crippen LogP contribution in [0.4, 0.5) is 0 Å². The molecule has 260 valence electrons. The smallest absolute Gasteiger partial charge is 0.164 e. The normalized spacial score (nSPS) is 12.7. The number of rotatable bonds is 5. The number of hydrogen-bond acceptors (Lipinski definition) is 4. The Kier molecular flexibility index (Phi) is 7.53. The molecule has 2 heterocycles. The van der Waals surface area contributed by atoms with Crippen molar-refractivity contribution < 1.29 is 4.42 Å². The summed E-state index contributed by atoms with van der Waals surface area (Å²) in [6.07, 6.45) is 0. The first-order chi connectivity index (χ1) is 26.8. The number of nitrogens with zero attached hydrogens (tertiary/aromatic N) is 3. The van der Waals surface area contributed by atoms with Gasteiger partial charge < -0.3 is 4.42 Å². The predicted molar refractivity (Wildman–Crippen MR) is 225 cm³/mol. The lowest BCUT2D eigenvalue weighted by atomic mass is 9.71. The van der Waals surface area contributed by atoms with Gasteiger partial charge in [0.1, 0.15) is 16.6 Å². The summed E-state index contributed by atoms with van der Waals surface area (Å²) in [5, 5.41) is 4.40. The number of furan rings is 1. The molecule has 0 saturated heterocycles. The zero-order valence-corrected chi connectivity index (χ0v) is 29.1. The summed E-state index contributed by atoms with van der Waals surface area (Å²) in [6.45, 7) is 0. The Morgan fingerprint density at radius 3 is 1.62 bits per heavy atom. The van der Waals surface area contributed by atoms with Crippen LogP contribution in [0.25, 0.3) is 77.7 Å². The quantitative estimate of drug-likeness (QED) is 0.179. The zero-order chi connectivity index (χ0) is 35.6. The predicted octanol–water partition coefficient (Wildman–Crippen LogP) is 12.9. The number of hydrogen-bond donors (Lipinski definition) is 0. The summed E-state index contributed by atoms with van der Waals surface area (Å²) < 4.78 is 6.31. The molecule has 0 radical (unpaired) electrons. The zero-order valence-electron chi connectivity index (χ0n) is 29.1. The van der Waals surface area contributed by atoms with Gasteiger partial charge in [-0.3, -0.25) is 0 Å². The molecule has 0 saturated carbocycles. The van der Waals surface area contributed by atoms with Gasteiger partial charge >= 0.3 is 0 Å². The van der Waals surface area contributed by atoms with Crippen molar-refractivity contribution in [3.8, 4) is 45.0 Å². The lowest BCUT2D eigenvalue weighted by Crippen LogP contribution is -2.31. The summed E-state index contributed by atoms with van der Waals surface area (Å²) in [5.41, 5.74) is 10.9. The Bertz CT molecular complexity index is 3010. The summed E-state index contributed by atoms with van der Waals surface area (Å²) in [7, 11) is 0. The van der Waals surface area contributed by atoms with Gasteiger partial charge in [-0.05, 0) is 61.8 Å². The third-order valence-corrected chi connectivity index (χ3v) is 11.0. The van der Waals surface area contributed by atoms with Crippen LogP contribution in [-0.4, -0.2) is 15.0 Å². The van der Waals surface area contributed by atoms with Crippen molar-refractivity contribution in [1.29, 1.82) is 0 Å². The van der Waals surface area contributed by atoms with Crippen molar-refractivity contribution in [2.45, 2.75) is 12.8 Å². The van der Waals surface area contributed by atoms with Gasteiger partial charge in [0.25, 0.3) is 0 Å². The molecule has 1 aliphatic carbocycles. The highest BCUT2D eigenvalue weighted by atomic mass is 16.3. The molecule has 0 unspecified atom stereocenters. The molecule has 55 heavy (non-hydrogen) atoms. The van der Waals surface area contributed by atoms with E-state index < -0.39 is 5.41 Å². The minimum Gasteiger partial charge on any atom is -0.456 e. The van der Waals surface area contributed by atoms with E-state index in [1.807, 2.05) is 30.3 Å². The fraction of sp³-hybridized carbons (Fsp3) is 0.0392. The minimum atomic E-state index is -0.774. The van der Waals surface area contributed by atoms with Gasteiger partial charge in [-0.15, -0.1) is 0 Å². The molecule has 0 bridgehead atoms. The van der Waals surface area contributed by atoms with Gasteiger partial charge in [0, 0.05) is 21.9 Å². The summed E-state index contributed by atoms with van der Waals surface area (Å²) in [5.74, 6) is 1.96. The van der Waals surface area contributed by atoms with E-state index in [0.29, 0.717) is 17.5 Å². The van der Waals surface area contributed by atoms with E-state index in [1.54, 1.807) is 0 Å².